The third kappa shape index (κ3) is 2.31. The predicted molar refractivity (Wildman–Crippen MR) is 55.8 cm³/mol. The van der Waals surface area contributed by atoms with E-state index in [4.69, 9.17) is 0 Å². The van der Waals surface area contributed by atoms with Gasteiger partial charge in [0.05, 0.1) is 6.10 Å². The minimum Gasteiger partial charge on any atom is -0.388 e. The Balaban J connectivity index is 2.93. The van der Waals surface area contributed by atoms with Gasteiger partial charge >= 0.3 is 0 Å². The van der Waals surface area contributed by atoms with Crippen LogP contribution in [-0.2, 0) is 0 Å². The molecule has 1 unspecified atom stereocenters. The Labute approximate surface area is 80.4 Å². The molecule has 0 fully saturated rings. The fraction of sp³-hybridized carbons (Fsp3) is 0.500. The molecule has 1 rings (SSSR count). The van der Waals surface area contributed by atoms with Crippen LogP contribution in [0.25, 0.3) is 0 Å². The second kappa shape index (κ2) is 4.43. The smallest absolute Gasteiger partial charge is 0.0792 e. The Morgan fingerprint density at radius 1 is 1.31 bits per heavy atom. The van der Waals surface area contributed by atoms with Crippen LogP contribution in [0.2, 0.25) is 0 Å². The van der Waals surface area contributed by atoms with Crippen molar-refractivity contribution in [1.29, 1.82) is 0 Å². The number of hydrogen-bond donors (Lipinski definition) is 1. The van der Waals surface area contributed by atoms with E-state index in [2.05, 4.69) is 26.8 Å². The van der Waals surface area contributed by atoms with E-state index in [1.165, 1.54) is 11.1 Å². The lowest BCUT2D eigenvalue weighted by Gasteiger charge is -2.14. The van der Waals surface area contributed by atoms with E-state index in [0.29, 0.717) is 0 Å². The SMILES string of the molecule is CCCC(O)c1cccc(C)c1C. The van der Waals surface area contributed by atoms with Gasteiger partial charge in [0.15, 0.2) is 0 Å². The third-order valence-electron chi connectivity index (χ3n) is 2.57. The first-order chi connectivity index (χ1) is 6.16. The molecule has 0 saturated carbocycles. The molecule has 0 radical (unpaired) electrons. The van der Waals surface area contributed by atoms with E-state index in [0.717, 1.165) is 18.4 Å². The highest BCUT2D eigenvalue weighted by Gasteiger charge is 2.09. The van der Waals surface area contributed by atoms with Gasteiger partial charge in [-0.05, 0) is 37.0 Å². The van der Waals surface area contributed by atoms with Crippen LogP contribution in [0.3, 0.4) is 0 Å². The molecular formula is C12H18O. The Bertz CT molecular complexity index is 278. The Hall–Kier alpha value is -0.820. The van der Waals surface area contributed by atoms with Gasteiger partial charge in [0.1, 0.15) is 0 Å². The van der Waals surface area contributed by atoms with Gasteiger partial charge in [0.25, 0.3) is 0 Å². The summed E-state index contributed by atoms with van der Waals surface area (Å²) < 4.78 is 0. The largest absolute Gasteiger partial charge is 0.388 e. The van der Waals surface area contributed by atoms with E-state index >= 15 is 0 Å². The van der Waals surface area contributed by atoms with Crippen molar-refractivity contribution in [3.8, 4) is 0 Å². The number of benzene rings is 1. The Morgan fingerprint density at radius 2 is 2.00 bits per heavy atom. The minimum absolute atomic E-state index is 0.287. The number of aliphatic hydroxyl groups excluding tert-OH is 1. The molecule has 1 aromatic rings. The zero-order valence-corrected chi connectivity index (χ0v) is 8.67. The maximum absolute atomic E-state index is 9.83. The summed E-state index contributed by atoms with van der Waals surface area (Å²) in [5, 5.41) is 9.83. The molecule has 0 aromatic heterocycles. The fourth-order valence-corrected chi connectivity index (χ4v) is 1.56. The summed E-state index contributed by atoms with van der Waals surface area (Å²) in [4.78, 5) is 0. The molecule has 0 bridgehead atoms. The van der Waals surface area contributed by atoms with E-state index in [1.54, 1.807) is 0 Å². The van der Waals surface area contributed by atoms with Gasteiger partial charge in [-0.2, -0.15) is 0 Å². The van der Waals surface area contributed by atoms with Crippen LogP contribution in [0, 0.1) is 13.8 Å². The first kappa shape index (κ1) is 10.3. The maximum atomic E-state index is 9.83. The first-order valence-corrected chi connectivity index (χ1v) is 4.91. The highest BCUT2D eigenvalue weighted by Crippen LogP contribution is 2.23. The van der Waals surface area contributed by atoms with Crippen LogP contribution in [0.5, 0.6) is 0 Å². The van der Waals surface area contributed by atoms with Gasteiger partial charge in [-0.1, -0.05) is 31.5 Å². The summed E-state index contributed by atoms with van der Waals surface area (Å²) >= 11 is 0. The van der Waals surface area contributed by atoms with E-state index in [-0.39, 0.29) is 6.10 Å². The standard InChI is InChI=1S/C12H18O/c1-4-6-12(13)11-8-5-7-9(2)10(11)3/h5,7-8,12-13H,4,6H2,1-3H3. The van der Waals surface area contributed by atoms with Crippen molar-refractivity contribution < 1.29 is 5.11 Å². The second-order valence-electron chi connectivity index (χ2n) is 3.59. The molecule has 0 aliphatic heterocycles. The molecule has 13 heavy (non-hydrogen) atoms. The van der Waals surface area contributed by atoms with Gasteiger partial charge in [-0.3, -0.25) is 0 Å². The molecule has 0 saturated heterocycles. The van der Waals surface area contributed by atoms with Crippen molar-refractivity contribution in [2.45, 2.75) is 39.7 Å². The lowest BCUT2D eigenvalue weighted by atomic mass is 9.97. The zero-order valence-electron chi connectivity index (χ0n) is 8.67. The number of hydrogen-bond acceptors (Lipinski definition) is 1. The van der Waals surface area contributed by atoms with Gasteiger partial charge < -0.3 is 5.11 Å². The van der Waals surface area contributed by atoms with Crippen molar-refractivity contribution in [3.63, 3.8) is 0 Å². The molecule has 1 heteroatoms. The molecule has 1 N–H and O–H groups in total. The summed E-state index contributed by atoms with van der Waals surface area (Å²) in [6, 6.07) is 6.11. The fourth-order valence-electron chi connectivity index (χ4n) is 1.56. The summed E-state index contributed by atoms with van der Waals surface area (Å²) in [5.74, 6) is 0. The van der Waals surface area contributed by atoms with Crippen molar-refractivity contribution in [3.05, 3.63) is 34.9 Å². The van der Waals surface area contributed by atoms with Gasteiger partial charge in [0, 0.05) is 0 Å². The highest BCUT2D eigenvalue weighted by atomic mass is 16.3. The second-order valence-corrected chi connectivity index (χ2v) is 3.59. The Kier molecular flexibility index (Phi) is 3.49. The van der Waals surface area contributed by atoms with Crippen LogP contribution >= 0.6 is 0 Å². The molecule has 0 aliphatic carbocycles. The lowest BCUT2D eigenvalue weighted by Crippen LogP contribution is -2.00. The van der Waals surface area contributed by atoms with Crippen LogP contribution in [0.4, 0.5) is 0 Å². The molecule has 1 nitrogen and oxygen atoms in total. The van der Waals surface area contributed by atoms with Crippen LogP contribution < -0.4 is 0 Å². The normalized spacial score (nSPS) is 12.9. The maximum Gasteiger partial charge on any atom is 0.0792 e. The summed E-state index contributed by atoms with van der Waals surface area (Å²) in [7, 11) is 0. The van der Waals surface area contributed by atoms with E-state index < -0.39 is 0 Å². The van der Waals surface area contributed by atoms with Crippen LogP contribution in [0.1, 0.15) is 42.6 Å². The van der Waals surface area contributed by atoms with Crippen molar-refractivity contribution in [1.82, 2.24) is 0 Å². The van der Waals surface area contributed by atoms with Gasteiger partial charge in [-0.25, -0.2) is 0 Å². The van der Waals surface area contributed by atoms with Gasteiger partial charge in [0.2, 0.25) is 0 Å². The lowest BCUT2D eigenvalue weighted by molar-refractivity contribution is 0.165. The minimum atomic E-state index is -0.287. The van der Waals surface area contributed by atoms with Crippen LogP contribution in [0.15, 0.2) is 18.2 Å². The monoisotopic (exact) mass is 178 g/mol. The third-order valence-corrected chi connectivity index (χ3v) is 2.57. The Morgan fingerprint density at radius 3 is 2.62 bits per heavy atom. The predicted octanol–water partition coefficient (Wildman–Crippen LogP) is 3.14. The molecule has 0 heterocycles. The van der Waals surface area contributed by atoms with Crippen molar-refractivity contribution in [2.75, 3.05) is 0 Å². The van der Waals surface area contributed by atoms with E-state index in [9.17, 15) is 5.11 Å². The van der Waals surface area contributed by atoms with Crippen LogP contribution in [-0.4, -0.2) is 5.11 Å². The quantitative estimate of drug-likeness (QED) is 0.754. The number of aryl methyl sites for hydroxylation is 1. The molecule has 0 amide bonds. The average molecular weight is 178 g/mol. The zero-order chi connectivity index (χ0) is 9.84. The molecular weight excluding hydrogens is 160 g/mol. The summed E-state index contributed by atoms with van der Waals surface area (Å²) in [6.45, 7) is 6.25. The molecule has 0 spiro atoms. The summed E-state index contributed by atoms with van der Waals surface area (Å²) in [5.41, 5.74) is 3.57. The average Bonchev–Trinajstić information content (AvgIpc) is 2.10. The molecule has 0 aliphatic rings. The topological polar surface area (TPSA) is 20.2 Å². The van der Waals surface area contributed by atoms with Crippen molar-refractivity contribution >= 4 is 0 Å². The molecule has 1 aromatic carbocycles. The number of aliphatic hydroxyl groups is 1. The first-order valence-electron chi connectivity index (χ1n) is 4.91. The summed E-state index contributed by atoms with van der Waals surface area (Å²) in [6.07, 6.45) is 1.59. The van der Waals surface area contributed by atoms with E-state index in [1.807, 2.05) is 12.1 Å². The number of rotatable bonds is 3. The van der Waals surface area contributed by atoms with Gasteiger partial charge in [-0.15, -0.1) is 0 Å². The highest BCUT2D eigenvalue weighted by molar-refractivity contribution is 5.34. The molecule has 72 valence electrons. The molecule has 1 atom stereocenters. The van der Waals surface area contributed by atoms with Crippen molar-refractivity contribution in [2.24, 2.45) is 0 Å².